The molecule has 0 radical (unpaired) electrons. The van der Waals surface area contributed by atoms with E-state index in [0.717, 1.165) is 5.56 Å². The van der Waals surface area contributed by atoms with Crippen LogP contribution < -0.4 is 5.32 Å². The van der Waals surface area contributed by atoms with Gasteiger partial charge >= 0.3 is 6.09 Å². The molecule has 1 amide bonds. The first-order valence-corrected chi connectivity index (χ1v) is 9.71. The molecule has 2 rings (SSSR count). The van der Waals surface area contributed by atoms with Crippen molar-refractivity contribution in [1.29, 1.82) is 0 Å². The summed E-state index contributed by atoms with van der Waals surface area (Å²) in [4.78, 5) is 11.9. The molecule has 26 heavy (non-hydrogen) atoms. The second kappa shape index (κ2) is 9.07. The molecule has 0 aromatic heterocycles. The minimum absolute atomic E-state index is 0.106. The van der Waals surface area contributed by atoms with Crippen molar-refractivity contribution in [3.05, 3.63) is 65.7 Å². The van der Waals surface area contributed by atoms with Crippen LogP contribution in [0, 0.1) is 11.8 Å². The normalized spacial score (nSPS) is 10.7. The van der Waals surface area contributed by atoms with E-state index in [1.54, 1.807) is 32.0 Å². The lowest BCUT2D eigenvalue weighted by Crippen LogP contribution is -2.24. The van der Waals surface area contributed by atoms with Crippen LogP contribution in [0.25, 0.3) is 0 Å². The summed E-state index contributed by atoms with van der Waals surface area (Å²) in [6, 6.07) is 15.8. The van der Waals surface area contributed by atoms with Gasteiger partial charge in [-0.1, -0.05) is 48.2 Å². The van der Waals surface area contributed by atoms with Crippen LogP contribution in [0.1, 0.15) is 25.0 Å². The smallest absolute Gasteiger partial charge is 0.408 e. The Bertz CT molecular complexity index is 910. The monoisotopic (exact) mass is 371 g/mol. The van der Waals surface area contributed by atoms with Crippen molar-refractivity contribution in [3.63, 3.8) is 0 Å². The molecule has 136 valence electrons. The summed E-state index contributed by atoms with van der Waals surface area (Å²) >= 11 is 0. The fraction of sp³-hybridized carbons (Fsp3) is 0.250. The van der Waals surface area contributed by atoms with Crippen LogP contribution in [-0.2, 0) is 21.2 Å². The third-order valence-corrected chi connectivity index (χ3v) is 5.70. The Kier molecular flexibility index (Phi) is 6.81. The molecule has 5 nitrogen and oxygen atoms in total. The van der Waals surface area contributed by atoms with E-state index in [1.165, 1.54) is 6.07 Å². The third-order valence-electron chi connectivity index (χ3n) is 3.55. The van der Waals surface area contributed by atoms with Crippen LogP contribution in [0.4, 0.5) is 4.79 Å². The van der Waals surface area contributed by atoms with Gasteiger partial charge in [-0.05, 0) is 37.6 Å². The summed E-state index contributed by atoms with van der Waals surface area (Å²) in [5.41, 5.74) is 1.48. The van der Waals surface area contributed by atoms with E-state index in [2.05, 4.69) is 17.2 Å². The Morgan fingerprint density at radius 1 is 1.12 bits per heavy atom. The molecule has 0 atom stereocenters. The summed E-state index contributed by atoms with van der Waals surface area (Å²) in [6.07, 6.45) is -0.556. The SMILES string of the molecule is CC(C)S(=O)(=O)c1cccc(C#CCNC(=O)OCc2ccccc2)c1. The van der Waals surface area contributed by atoms with Gasteiger partial charge in [0.05, 0.1) is 16.7 Å². The number of hydrogen-bond donors (Lipinski definition) is 1. The van der Waals surface area contributed by atoms with Gasteiger partial charge in [0.2, 0.25) is 0 Å². The number of carbonyl (C=O) groups is 1. The largest absolute Gasteiger partial charge is 0.445 e. The average Bonchev–Trinajstić information content (AvgIpc) is 2.64. The molecular formula is C20H21NO4S. The highest BCUT2D eigenvalue weighted by atomic mass is 32.2. The fourth-order valence-corrected chi connectivity index (χ4v) is 3.16. The highest BCUT2D eigenvalue weighted by molar-refractivity contribution is 7.92. The Labute approximate surface area is 154 Å². The zero-order valence-corrected chi connectivity index (χ0v) is 15.5. The van der Waals surface area contributed by atoms with Gasteiger partial charge in [-0.2, -0.15) is 0 Å². The maximum atomic E-state index is 12.2. The molecule has 6 heteroatoms. The van der Waals surface area contributed by atoms with E-state index in [9.17, 15) is 13.2 Å². The molecule has 2 aromatic rings. The average molecular weight is 371 g/mol. The van der Waals surface area contributed by atoms with Gasteiger partial charge in [-0.3, -0.25) is 0 Å². The second-order valence-corrected chi connectivity index (χ2v) is 8.34. The molecule has 0 heterocycles. The van der Waals surface area contributed by atoms with Crippen LogP contribution in [0.2, 0.25) is 0 Å². The van der Waals surface area contributed by atoms with E-state index in [0.29, 0.717) is 5.56 Å². The molecule has 0 spiro atoms. The topological polar surface area (TPSA) is 72.5 Å². The molecule has 0 aliphatic rings. The lowest BCUT2D eigenvalue weighted by Gasteiger charge is -2.07. The first kappa shape index (κ1) is 19.5. The minimum Gasteiger partial charge on any atom is -0.445 e. The van der Waals surface area contributed by atoms with Crippen molar-refractivity contribution in [1.82, 2.24) is 5.32 Å². The Hall–Kier alpha value is -2.78. The number of nitrogens with one attached hydrogen (secondary N) is 1. The zero-order valence-electron chi connectivity index (χ0n) is 14.7. The molecule has 0 aliphatic heterocycles. The Morgan fingerprint density at radius 3 is 2.54 bits per heavy atom. The second-order valence-electron chi connectivity index (χ2n) is 5.84. The molecule has 0 unspecified atom stereocenters. The van der Waals surface area contributed by atoms with E-state index < -0.39 is 21.2 Å². The molecule has 0 fully saturated rings. The summed E-state index contributed by atoms with van der Waals surface area (Å²) in [5.74, 6) is 5.62. The molecule has 1 N–H and O–H groups in total. The number of hydrogen-bond acceptors (Lipinski definition) is 4. The van der Waals surface area contributed by atoms with Crippen molar-refractivity contribution in [2.45, 2.75) is 30.6 Å². The lowest BCUT2D eigenvalue weighted by molar-refractivity contribution is 0.141. The Balaban J connectivity index is 1.87. The van der Waals surface area contributed by atoms with Gasteiger partial charge < -0.3 is 10.1 Å². The summed E-state index contributed by atoms with van der Waals surface area (Å²) < 4.78 is 29.4. The number of alkyl carbamates (subject to hydrolysis) is 1. The molecule has 2 aromatic carbocycles. The third kappa shape index (κ3) is 5.64. The van der Waals surface area contributed by atoms with Gasteiger partial charge in [-0.15, -0.1) is 0 Å². The summed E-state index contributed by atoms with van der Waals surface area (Å²) in [5, 5.41) is 2.04. The summed E-state index contributed by atoms with van der Waals surface area (Å²) in [7, 11) is -3.33. The van der Waals surface area contributed by atoms with Crippen molar-refractivity contribution in [2.75, 3.05) is 6.54 Å². The van der Waals surface area contributed by atoms with Crippen LogP contribution in [0.3, 0.4) is 0 Å². The molecule has 0 saturated heterocycles. The van der Waals surface area contributed by atoms with E-state index >= 15 is 0 Å². The van der Waals surface area contributed by atoms with Gasteiger partial charge in [0, 0.05) is 5.56 Å². The van der Waals surface area contributed by atoms with Crippen molar-refractivity contribution in [3.8, 4) is 11.8 Å². The molecule has 0 bridgehead atoms. The lowest BCUT2D eigenvalue weighted by atomic mass is 10.2. The van der Waals surface area contributed by atoms with Gasteiger partial charge in [0.1, 0.15) is 6.61 Å². The predicted octanol–water partition coefficient (Wildman–Crippen LogP) is 3.15. The first-order valence-electron chi connectivity index (χ1n) is 8.17. The summed E-state index contributed by atoms with van der Waals surface area (Å²) in [6.45, 7) is 3.57. The van der Waals surface area contributed by atoms with Crippen LogP contribution in [0.15, 0.2) is 59.5 Å². The maximum Gasteiger partial charge on any atom is 0.408 e. The highest BCUT2D eigenvalue weighted by Gasteiger charge is 2.18. The number of rotatable bonds is 5. The maximum absolute atomic E-state index is 12.2. The standard InChI is InChI=1S/C20H21NO4S/c1-16(2)26(23,24)19-12-6-10-17(14-19)11-7-13-21-20(22)25-15-18-8-4-3-5-9-18/h3-6,8-10,12,14,16H,13,15H2,1-2H3,(H,21,22). The molecule has 0 saturated carbocycles. The van der Waals surface area contributed by atoms with Gasteiger partial charge in [0.25, 0.3) is 0 Å². The highest BCUT2D eigenvalue weighted by Crippen LogP contribution is 2.16. The Morgan fingerprint density at radius 2 is 1.85 bits per heavy atom. The molecule has 0 aliphatic carbocycles. The predicted molar refractivity (Wildman–Crippen MR) is 100 cm³/mol. The van der Waals surface area contributed by atoms with Crippen molar-refractivity contribution in [2.24, 2.45) is 0 Å². The number of carbonyl (C=O) groups excluding carboxylic acids is 1. The van der Waals surface area contributed by atoms with Crippen molar-refractivity contribution < 1.29 is 17.9 Å². The van der Waals surface area contributed by atoms with Gasteiger partial charge in [-0.25, -0.2) is 13.2 Å². The van der Waals surface area contributed by atoms with Crippen LogP contribution in [0.5, 0.6) is 0 Å². The number of sulfone groups is 1. The van der Waals surface area contributed by atoms with E-state index in [4.69, 9.17) is 4.74 Å². The van der Waals surface area contributed by atoms with Crippen LogP contribution in [-0.4, -0.2) is 26.3 Å². The molecular weight excluding hydrogens is 350 g/mol. The number of benzene rings is 2. The van der Waals surface area contributed by atoms with Gasteiger partial charge in [0.15, 0.2) is 9.84 Å². The fourth-order valence-electron chi connectivity index (χ4n) is 2.06. The van der Waals surface area contributed by atoms with Crippen LogP contribution >= 0.6 is 0 Å². The number of ether oxygens (including phenoxy) is 1. The minimum atomic E-state index is -3.33. The van der Waals surface area contributed by atoms with Crippen molar-refractivity contribution >= 4 is 15.9 Å². The zero-order chi connectivity index (χ0) is 19.0. The first-order chi connectivity index (χ1) is 12.4. The van der Waals surface area contributed by atoms with E-state index in [1.807, 2.05) is 30.3 Å². The quantitative estimate of drug-likeness (QED) is 0.820. The van der Waals surface area contributed by atoms with E-state index in [-0.39, 0.29) is 18.0 Å². The number of amides is 1.